The van der Waals surface area contributed by atoms with Gasteiger partial charge in [-0.05, 0) is 42.0 Å². The minimum atomic E-state index is -0.824. The molecule has 0 saturated heterocycles. The van der Waals surface area contributed by atoms with Crippen LogP contribution in [-0.4, -0.2) is 31.3 Å². The summed E-state index contributed by atoms with van der Waals surface area (Å²) in [4.78, 5) is 25.6. The summed E-state index contributed by atoms with van der Waals surface area (Å²) >= 11 is 0. The first-order chi connectivity index (χ1) is 15.7. The van der Waals surface area contributed by atoms with Crippen molar-refractivity contribution in [2.45, 2.75) is 12.6 Å². The average molecular weight is 432 g/mol. The molecule has 2 aliphatic rings. The summed E-state index contributed by atoms with van der Waals surface area (Å²) in [6.07, 6.45) is -0.824. The van der Waals surface area contributed by atoms with Crippen LogP contribution >= 0.6 is 0 Å². The highest BCUT2D eigenvalue weighted by Crippen LogP contribution is 2.33. The predicted molar refractivity (Wildman–Crippen MR) is 115 cm³/mol. The van der Waals surface area contributed by atoms with Crippen LogP contribution in [0, 0.1) is 0 Å². The summed E-state index contributed by atoms with van der Waals surface area (Å²) in [6.45, 7) is 0.578. The van der Waals surface area contributed by atoms with Gasteiger partial charge in [-0.3, -0.25) is 9.59 Å². The molecule has 2 amide bonds. The minimum absolute atomic E-state index is 0.0846. The Hall–Kier alpha value is -4.20. The molecule has 5 rings (SSSR count). The molecule has 0 aromatic heterocycles. The maximum absolute atomic E-state index is 12.8. The van der Waals surface area contributed by atoms with E-state index in [1.807, 2.05) is 30.3 Å². The lowest BCUT2D eigenvalue weighted by Crippen LogP contribution is -2.40. The van der Waals surface area contributed by atoms with Crippen molar-refractivity contribution in [2.75, 3.05) is 18.7 Å². The van der Waals surface area contributed by atoms with Crippen molar-refractivity contribution in [2.24, 2.45) is 0 Å². The van der Waals surface area contributed by atoms with Gasteiger partial charge in [0.15, 0.2) is 23.0 Å². The second-order valence-electron chi connectivity index (χ2n) is 7.27. The van der Waals surface area contributed by atoms with Gasteiger partial charge in [0.05, 0.1) is 11.3 Å². The van der Waals surface area contributed by atoms with E-state index in [1.165, 1.54) is 0 Å². The number of benzene rings is 3. The number of hydrogen-bond donors (Lipinski definition) is 2. The van der Waals surface area contributed by atoms with Crippen molar-refractivity contribution in [3.63, 3.8) is 0 Å². The highest BCUT2D eigenvalue weighted by molar-refractivity contribution is 6.04. The first-order valence-corrected chi connectivity index (χ1v) is 10.1. The van der Waals surface area contributed by atoms with Crippen molar-refractivity contribution in [1.82, 2.24) is 5.32 Å². The summed E-state index contributed by atoms with van der Waals surface area (Å²) in [6, 6.07) is 19.5. The molecule has 8 nitrogen and oxygen atoms in total. The molecule has 2 aliphatic heterocycles. The van der Waals surface area contributed by atoms with Crippen LogP contribution < -0.4 is 29.6 Å². The molecule has 0 spiro atoms. The second-order valence-corrected chi connectivity index (χ2v) is 7.27. The lowest BCUT2D eigenvalue weighted by Gasteiger charge is -2.25. The Morgan fingerprint density at radius 1 is 0.844 bits per heavy atom. The number of carbonyl (C=O) groups excluding carboxylic acids is 2. The molecule has 0 bridgehead atoms. The summed E-state index contributed by atoms with van der Waals surface area (Å²) in [5.74, 6) is 1.74. The summed E-state index contributed by atoms with van der Waals surface area (Å²) < 4.78 is 22.0. The van der Waals surface area contributed by atoms with Gasteiger partial charge in [-0.25, -0.2) is 0 Å². The molecule has 1 atom stereocenters. The standard InChI is InChI=1S/C24H20N2O6/c27-23(25-12-15-9-10-19-21(11-15)31-14-30-19)16-5-1-2-6-17(16)26-24(28)22-13-29-18-7-3-4-8-20(18)32-22/h1-11,22H,12-14H2,(H,25,27)(H,26,28)/t22-/m1/s1. The van der Waals surface area contributed by atoms with E-state index >= 15 is 0 Å². The zero-order valence-electron chi connectivity index (χ0n) is 17.0. The SMILES string of the molecule is O=C(NCc1ccc2c(c1)OCO2)c1ccccc1NC(=O)[C@H]1COc2ccccc2O1. The van der Waals surface area contributed by atoms with Gasteiger partial charge in [-0.15, -0.1) is 0 Å². The van der Waals surface area contributed by atoms with Crippen LogP contribution in [0.1, 0.15) is 15.9 Å². The van der Waals surface area contributed by atoms with E-state index in [1.54, 1.807) is 36.4 Å². The van der Waals surface area contributed by atoms with Crippen molar-refractivity contribution in [1.29, 1.82) is 0 Å². The minimum Gasteiger partial charge on any atom is -0.485 e. The molecule has 0 radical (unpaired) electrons. The van der Waals surface area contributed by atoms with Gasteiger partial charge in [0.25, 0.3) is 11.8 Å². The molecule has 162 valence electrons. The number of carbonyl (C=O) groups is 2. The van der Waals surface area contributed by atoms with Gasteiger partial charge in [-0.1, -0.05) is 30.3 Å². The second kappa shape index (κ2) is 8.50. The molecule has 0 saturated carbocycles. The largest absolute Gasteiger partial charge is 0.485 e. The number of hydrogen-bond acceptors (Lipinski definition) is 6. The van der Waals surface area contributed by atoms with Crippen LogP contribution in [0.3, 0.4) is 0 Å². The summed E-state index contributed by atoms with van der Waals surface area (Å²) in [7, 11) is 0. The average Bonchev–Trinajstić information content (AvgIpc) is 3.30. The Kier molecular flexibility index (Phi) is 5.25. The number of amides is 2. The molecule has 0 aliphatic carbocycles. The third-order valence-electron chi connectivity index (χ3n) is 5.12. The van der Waals surface area contributed by atoms with E-state index in [0.29, 0.717) is 40.8 Å². The Morgan fingerprint density at radius 2 is 1.59 bits per heavy atom. The summed E-state index contributed by atoms with van der Waals surface area (Å²) in [5, 5.41) is 5.65. The van der Waals surface area contributed by atoms with Gasteiger partial charge in [0.2, 0.25) is 12.9 Å². The van der Waals surface area contributed by atoms with Gasteiger partial charge in [-0.2, -0.15) is 0 Å². The zero-order valence-corrected chi connectivity index (χ0v) is 17.0. The lowest BCUT2D eigenvalue weighted by molar-refractivity contribution is -0.125. The van der Waals surface area contributed by atoms with Crippen molar-refractivity contribution in [3.8, 4) is 23.0 Å². The Balaban J connectivity index is 1.24. The van der Waals surface area contributed by atoms with Crippen molar-refractivity contribution >= 4 is 17.5 Å². The first-order valence-electron chi connectivity index (χ1n) is 10.1. The van der Waals surface area contributed by atoms with E-state index in [0.717, 1.165) is 5.56 Å². The highest BCUT2D eigenvalue weighted by Gasteiger charge is 2.28. The molecule has 8 heteroatoms. The van der Waals surface area contributed by atoms with Gasteiger partial charge >= 0.3 is 0 Å². The van der Waals surface area contributed by atoms with E-state index < -0.39 is 12.0 Å². The fourth-order valence-electron chi connectivity index (χ4n) is 3.48. The smallest absolute Gasteiger partial charge is 0.269 e. The molecule has 2 N–H and O–H groups in total. The van der Waals surface area contributed by atoms with Gasteiger partial charge < -0.3 is 29.6 Å². The number of rotatable bonds is 5. The van der Waals surface area contributed by atoms with E-state index in [-0.39, 0.29) is 19.3 Å². The maximum atomic E-state index is 12.8. The van der Waals surface area contributed by atoms with Crippen molar-refractivity contribution in [3.05, 3.63) is 77.9 Å². The summed E-state index contributed by atoms with van der Waals surface area (Å²) in [5.41, 5.74) is 1.61. The lowest BCUT2D eigenvalue weighted by atomic mass is 10.1. The molecule has 3 aromatic rings. The topological polar surface area (TPSA) is 95.1 Å². The molecular weight excluding hydrogens is 412 g/mol. The van der Waals surface area contributed by atoms with E-state index in [4.69, 9.17) is 18.9 Å². The zero-order chi connectivity index (χ0) is 21.9. The van der Waals surface area contributed by atoms with Crippen LogP contribution in [0.25, 0.3) is 0 Å². The van der Waals surface area contributed by atoms with Crippen LogP contribution in [0.5, 0.6) is 23.0 Å². The quantitative estimate of drug-likeness (QED) is 0.643. The fourth-order valence-corrected chi connectivity index (χ4v) is 3.48. The fraction of sp³-hybridized carbons (Fsp3) is 0.167. The third-order valence-corrected chi connectivity index (χ3v) is 5.12. The molecule has 3 aromatic carbocycles. The molecule has 2 heterocycles. The molecular formula is C24H20N2O6. The van der Waals surface area contributed by atoms with Gasteiger partial charge in [0, 0.05) is 6.54 Å². The first kappa shape index (κ1) is 19.7. The number of nitrogens with one attached hydrogen (secondary N) is 2. The number of fused-ring (bicyclic) bond motifs is 2. The predicted octanol–water partition coefficient (Wildman–Crippen LogP) is 3.12. The monoisotopic (exact) mass is 432 g/mol. The normalized spacial score (nSPS) is 15.7. The number of ether oxygens (including phenoxy) is 4. The highest BCUT2D eigenvalue weighted by atomic mass is 16.7. The third kappa shape index (κ3) is 4.02. The van der Waals surface area contributed by atoms with E-state index in [2.05, 4.69) is 10.6 Å². The molecule has 0 unspecified atom stereocenters. The maximum Gasteiger partial charge on any atom is 0.269 e. The Bertz CT molecular complexity index is 1180. The Morgan fingerprint density at radius 3 is 2.50 bits per heavy atom. The number of para-hydroxylation sites is 3. The van der Waals surface area contributed by atoms with Crippen LogP contribution in [0.4, 0.5) is 5.69 Å². The Labute approximate surface area is 184 Å². The molecule has 32 heavy (non-hydrogen) atoms. The van der Waals surface area contributed by atoms with Gasteiger partial charge in [0.1, 0.15) is 6.61 Å². The number of anilines is 1. The van der Waals surface area contributed by atoms with Crippen LogP contribution in [-0.2, 0) is 11.3 Å². The molecule has 0 fully saturated rings. The van der Waals surface area contributed by atoms with Crippen LogP contribution in [0.15, 0.2) is 66.7 Å². The van der Waals surface area contributed by atoms with Crippen molar-refractivity contribution < 1.29 is 28.5 Å². The van der Waals surface area contributed by atoms with Crippen LogP contribution in [0.2, 0.25) is 0 Å². The van der Waals surface area contributed by atoms with E-state index in [9.17, 15) is 9.59 Å².